The largest absolute Gasteiger partial charge is 0.315 e. The van der Waals surface area contributed by atoms with Crippen LogP contribution in [-0.4, -0.2) is 31.1 Å². The SMILES string of the molecule is CC(C)C.c1ccc(CN2CCCNCC2)cc1. The Labute approximate surface area is 112 Å². The second kappa shape index (κ2) is 9.12. The molecule has 2 nitrogen and oxygen atoms in total. The van der Waals surface area contributed by atoms with Gasteiger partial charge < -0.3 is 5.32 Å². The fourth-order valence-electron chi connectivity index (χ4n) is 1.90. The van der Waals surface area contributed by atoms with Crippen LogP contribution in [-0.2, 0) is 6.54 Å². The Hall–Kier alpha value is -0.860. The molecular weight excluding hydrogens is 220 g/mol. The molecule has 2 rings (SSSR count). The van der Waals surface area contributed by atoms with Crippen LogP contribution in [0.5, 0.6) is 0 Å². The first-order valence-electron chi connectivity index (χ1n) is 7.15. The Bertz CT molecular complexity index is 284. The highest BCUT2D eigenvalue weighted by atomic mass is 15.1. The smallest absolute Gasteiger partial charge is 0.0234 e. The molecule has 0 aliphatic carbocycles. The van der Waals surface area contributed by atoms with Gasteiger partial charge in [0, 0.05) is 19.6 Å². The second-order valence-corrected chi connectivity index (χ2v) is 5.60. The van der Waals surface area contributed by atoms with Crippen LogP contribution in [0.2, 0.25) is 0 Å². The maximum atomic E-state index is 3.42. The molecule has 0 atom stereocenters. The summed E-state index contributed by atoms with van der Waals surface area (Å²) in [5.41, 5.74) is 1.43. The van der Waals surface area contributed by atoms with Crippen LogP contribution in [0.3, 0.4) is 0 Å². The van der Waals surface area contributed by atoms with E-state index in [9.17, 15) is 0 Å². The second-order valence-electron chi connectivity index (χ2n) is 5.60. The van der Waals surface area contributed by atoms with Gasteiger partial charge in [0.15, 0.2) is 0 Å². The molecule has 1 aliphatic heterocycles. The van der Waals surface area contributed by atoms with E-state index in [1.807, 2.05) is 0 Å². The zero-order chi connectivity index (χ0) is 13.2. The summed E-state index contributed by atoms with van der Waals surface area (Å²) < 4.78 is 0. The highest BCUT2D eigenvalue weighted by Gasteiger charge is 2.07. The molecule has 0 radical (unpaired) electrons. The maximum absolute atomic E-state index is 3.42. The van der Waals surface area contributed by atoms with Crippen molar-refractivity contribution < 1.29 is 0 Å². The van der Waals surface area contributed by atoms with Crippen molar-refractivity contribution in [3.63, 3.8) is 0 Å². The summed E-state index contributed by atoms with van der Waals surface area (Å²) in [7, 11) is 0. The molecule has 1 N–H and O–H groups in total. The molecule has 1 heterocycles. The van der Waals surface area contributed by atoms with Crippen molar-refractivity contribution in [2.45, 2.75) is 33.7 Å². The summed E-state index contributed by atoms with van der Waals surface area (Å²) in [5, 5.41) is 3.42. The van der Waals surface area contributed by atoms with Crippen LogP contribution >= 0.6 is 0 Å². The summed E-state index contributed by atoms with van der Waals surface area (Å²) in [4.78, 5) is 2.52. The van der Waals surface area contributed by atoms with E-state index in [4.69, 9.17) is 0 Å². The van der Waals surface area contributed by atoms with Gasteiger partial charge in [0.25, 0.3) is 0 Å². The highest BCUT2D eigenvalue weighted by molar-refractivity contribution is 5.14. The molecule has 102 valence electrons. The lowest BCUT2D eigenvalue weighted by molar-refractivity contribution is 0.284. The van der Waals surface area contributed by atoms with E-state index >= 15 is 0 Å². The monoisotopic (exact) mass is 248 g/mol. The average molecular weight is 248 g/mol. The topological polar surface area (TPSA) is 15.3 Å². The van der Waals surface area contributed by atoms with Gasteiger partial charge in [-0.05, 0) is 31.0 Å². The highest BCUT2D eigenvalue weighted by Crippen LogP contribution is 2.05. The van der Waals surface area contributed by atoms with Crippen molar-refractivity contribution >= 4 is 0 Å². The van der Waals surface area contributed by atoms with Crippen LogP contribution in [0.4, 0.5) is 0 Å². The minimum absolute atomic E-state index is 0.833. The van der Waals surface area contributed by atoms with Crippen molar-refractivity contribution in [3.8, 4) is 0 Å². The van der Waals surface area contributed by atoms with Crippen molar-refractivity contribution in [1.82, 2.24) is 10.2 Å². The minimum atomic E-state index is 0.833. The minimum Gasteiger partial charge on any atom is -0.315 e. The van der Waals surface area contributed by atoms with Crippen molar-refractivity contribution in [1.29, 1.82) is 0 Å². The van der Waals surface area contributed by atoms with Crippen LogP contribution < -0.4 is 5.32 Å². The van der Waals surface area contributed by atoms with Gasteiger partial charge in [0.1, 0.15) is 0 Å². The molecule has 1 aromatic rings. The van der Waals surface area contributed by atoms with E-state index in [1.54, 1.807) is 0 Å². The summed E-state index contributed by atoms with van der Waals surface area (Å²) in [6, 6.07) is 10.7. The molecule has 0 saturated carbocycles. The fraction of sp³-hybridized carbons (Fsp3) is 0.625. The Kier molecular flexibility index (Phi) is 7.70. The summed E-state index contributed by atoms with van der Waals surface area (Å²) in [6.07, 6.45) is 1.27. The molecule has 2 heteroatoms. The number of nitrogens with zero attached hydrogens (tertiary/aromatic N) is 1. The standard InChI is InChI=1S/C12H18N2.C4H10/c1-2-5-12(6-3-1)11-14-9-4-7-13-8-10-14;1-4(2)3/h1-3,5-6,13H,4,7-11H2;4H,1-3H3. The molecule has 1 fully saturated rings. The van der Waals surface area contributed by atoms with Crippen molar-refractivity contribution in [2.75, 3.05) is 26.2 Å². The third-order valence-corrected chi connectivity index (χ3v) is 2.68. The molecule has 0 aromatic heterocycles. The first kappa shape index (κ1) is 15.2. The van der Waals surface area contributed by atoms with E-state index < -0.39 is 0 Å². The lowest BCUT2D eigenvalue weighted by atomic mass is 10.2. The summed E-state index contributed by atoms with van der Waals surface area (Å²) in [5.74, 6) is 0.833. The lowest BCUT2D eigenvalue weighted by Crippen LogP contribution is -2.27. The Morgan fingerprint density at radius 1 is 1.06 bits per heavy atom. The van der Waals surface area contributed by atoms with E-state index in [2.05, 4.69) is 61.3 Å². The normalized spacial score (nSPS) is 16.9. The van der Waals surface area contributed by atoms with Crippen molar-refractivity contribution in [3.05, 3.63) is 35.9 Å². The van der Waals surface area contributed by atoms with Gasteiger partial charge in [-0.25, -0.2) is 0 Å². The summed E-state index contributed by atoms with van der Waals surface area (Å²) in [6.45, 7) is 12.3. The summed E-state index contributed by atoms with van der Waals surface area (Å²) >= 11 is 0. The van der Waals surface area contributed by atoms with E-state index in [0.717, 1.165) is 19.0 Å². The molecule has 18 heavy (non-hydrogen) atoms. The number of hydrogen-bond donors (Lipinski definition) is 1. The zero-order valence-corrected chi connectivity index (χ0v) is 12.2. The predicted molar refractivity (Wildman–Crippen MR) is 79.7 cm³/mol. The van der Waals surface area contributed by atoms with E-state index in [0.29, 0.717) is 0 Å². The van der Waals surface area contributed by atoms with Crippen LogP contribution in [0, 0.1) is 5.92 Å². The molecule has 1 aliphatic rings. The Morgan fingerprint density at radius 3 is 2.39 bits per heavy atom. The van der Waals surface area contributed by atoms with Crippen molar-refractivity contribution in [2.24, 2.45) is 5.92 Å². The third-order valence-electron chi connectivity index (χ3n) is 2.68. The predicted octanol–water partition coefficient (Wildman–Crippen LogP) is 3.14. The number of benzene rings is 1. The third kappa shape index (κ3) is 7.46. The first-order chi connectivity index (χ1) is 8.68. The molecule has 0 unspecified atom stereocenters. The number of hydrogen-bond acceptors (Lipinski definition) is 2. The molecular formula is C16H28N2. The van der Waals surface area contributed by atoms with Gasteiger partial charge >= 0.3 is 0 Å². The van der Waals surface area contributed by atoms with E-state index in [1.165, 1.54) is 31.6 Å². The van der Waals surface area contributed by atoms with Crippen LogP contribution in [0.1, 0.15) is 32.8 Å². The average Bonchev–Trinajstić information content (AvgIpc) is 2.58. The van der Waals surface area contributed by atoms with Gasteiger partial charge in [-0.3, -0.25) is 4.90 Å². The Balaban J connectivity index is 0.000000357. The Morgan fingerprint density at radius 2 is 1.72 bits per heavy atom. The maximum Gasteiger partial charge on any atom is 0.0234 e. The number of rotatable bonds is 2. The van der Waals surface area contributed by atoms with E-state index in [-0.39, 0.29) is 0 Å². The van der Waals surface area contributed by atoms with Gasteiger partial charge in [0.2, 0.25) is 0 Å². The molecule has 0 spiro atoms. The van der Waals surface area contributed by atoms with Gasteiger partial charge in [-0.1, -0.05) is 51.1 Å². The fourth-order valence-corrected chi connectivity index (χ4v) is 1.90. The number of nitrogens with one attached hydrogen (secondary N) is 1. The zero-order valence-electron chi connectivity index (χ0n) is 12.2. The molecule has 1 saturated heterocycles. The quantitative estimate of drug-likeness (QED) is 0.865. The lowest BCUT2D eigenvalue weighted by Gasteiger charge is -2.19. The van der Waals surface area contributed by atoms with Crippen LogP contribution in [0.15, 0.2) is 30.3 Å². The van der Waals surface area contributed by atoms with Gasteiger partial charge in [0.05, 0.1) is 0 Å². The molecule has 0 amide bonds. The van der Waals surface area contributed by atoms with Gasteiger partial charge in [-0.15, -0.1) is 0 Å². The van der Waals surface area contributed by atoms with Crippen LogP contribution in [0.25, 0.3) is 0 Å². The molecule has 0 bridgehead atoms. The first-order valence-corrected chi connectivity index (χ1v) is 7.15. The van der Waals surface area contributed by atoms with Gasteiger partial charge in [-0.2, -0.15) is 0 Å². The molecule has 1 aromatic carbocycles.